The average Bonchev–Trinajstić information content (AvgIpc) is 2.76. The van der Waals surface area contributed by atoms with E-state index in [1.54, 1.807) is 0 Å². The second-order valence-electron chi connectivity index (χ2n) is 5.87. The number of benzene rings is 1. The molecule has 2 aromatic rings. The van der Waals surface area contributed by atoms with Crippen molar-refractivity contribution in [3.05, 3.63) is 42.2 Å². The third kappa shape index (κ3) is 5.15. The maximum Gasteiger partial charge on any atom is 0.269 e. The van der Waals surface area contributed by atoms with Gasteiger partial charge in [-0.3, -0.25) is 25.4 Å². The Labute approximate surface area is 174 Å². The van der Waals surface area contributed by atoms with Crippen LogP contribution >= 0.6 is 0 Å². The monoisotopic (exact) mass is 438 g/mol. The van der Waals surface area contributed by atoms with Crippen molar-refractivity contribution in [2.75, 3.05) is 34.9 Å². The number of aromatic nitrogens is 1. The second-order valence-corrected chi connectivity index (χ2v) is 7.91. The van der Waals surface area contributed by atoms with Crippen LogP contribution in [0.15, 0.2) is 41.6 Å². The minimum atomic E-state index is -3.90. The molecule has 1 aromatic heterocycles. The van der Waals surface area contributed by atoms with E-state index in [1.807, 2.05) is 0 Å². The van der Waals surface area contributed by atoms with Crippen LogP contribution in [0, 0.1) is 0 Å². The minimum Gasteiger partial charge on any atom is -0.493 e. The first-order valence-corrected chi connectivity index (χ1v) is 9.94. The van der Waals surface area contributed by atoms with Crippen molar-refractivity contribution < 1.29 is 32.2 Å². The highest BCUT2D eigenvalue weighted by Gasteiger charge is 2.23. The number of amides is 2. The number of hydrogen-bond acceptors (Lipinski definition) is 8. The normalized spacial score (nSPS) is 11.0. The zero-order valence-corrected chi connectivity index (χ0v) is 17.6. The quantitative estimate of drug-likeness (QED) is 0.558. The molecule has 0 atom stereocenters. The molecule has 1 heterocycles. The van der Waals surface area contributed by atoms with Gasteiger partial charge in [0.1, 0.15) is 4.90 Å². The van der Waals surface area contributed by atoms with E-state index in [0.717, 1.165) is 4.31 Å². The first-order valence-electron chi connectivity index (χ1n) is 8.50. The van der Waals surface area contributed by atoms with E-state index in [4.69, 9.17) is 14.2 Å². The van der Waals surface area contributed by atoms with Crippen LogP contribution in [0.1, 0.15) is 10.4 Å². The Morgan fingerprint density at radius 2 is 1.70 bits per heavy atom. The number of methoxy groups -OCH3 is 3. The van der Waals surface area contributed by atoms with Crippen LogP contribution in [-0.2, 0) is 14.8 Å². The summed E-state index contributed by atoms with van der Waals surface area (Å²) in [6, 6.07) is 5.64. The topological polar surface area (TPSA) is 136 Å². The van der Waals surface area contributed by atoms with E-state index < -0.39 is 28.4 Å². The lowest BCUT2D eigenvalue weighted by Crippen LogP contribution is -2.46. The maximum atomic E-state index is 12.4. The van der Waals surface area contributed by atoms with Gasteiger partial charge in [0.15, 0.2) is 11.5 Å². The molecule has 0 fully saturated rings. The summed E-state index contributed by atoms with van der Waals surface area (Å²) in [6.45, 7) is -0.521. The van der Waals surface area contributed by atoms with Gasteiger partial charge in [0.25, 0.3) is 11.8 Å². The van der Waals surface area contributed by atoms with Gasteiger partial charge in [-0.15, -0.1) is 0 Å². The molecule has 0 spiro atoms. The van der Waals surface area contributed by atoms with E-state index >= 15 is 0 Å². The van der Waals surface area contributed by atoms with E-state index in [0.29, 0.717) is 5.75 Å². The summed E-state index contributed by atoms with van der Waals surface area (Å²) in [6.07, 6.45) is 2.61. The van der Waals surface area contributed by atoms with Gasteiger partial charge in [-0.25, -0.2) is 8.42 Å². The van der Waals surface area contributed by atoms with Gasteiger partial charge < -0.3 is 14.2 Å². The van der Waals surface area contributed by atoms with Gasteiger partial charge in [0, 0.05) is 25.0 Å². The van der Waals surface area contributed by atoms with Crippen LogP contribution in [0.5, 0.6) is 17.2 Å². The Morgan fingerprint density at radius 1 is 1.07 bits per heavy atom. The molecule has 0 unspecified atom stereocenters. The number of pyridine rings is 1. The van der Waals surface area contributed by atoms with Crippen molar-refractivity contribution >= 4 is 21.8 Å². The first kappa shape index (κ1) is 22.9. The number of rotatable bonds is 8. The number of ether oxygens (including phenoxy) is 3. The lowest BCUT2D eigenvalue weighted by molar-refractivity contribution is -0.121. The fourth-order valence-corrected chi connectivity index (χ4v) is 3.51. The number of carbonyl (C=O) groups excluding carboxylic acids is 2. The highest BCUT2D eigenvalue weighted by molar-refractivity contribution is 7.89. The fraction of sp³-hybridized carbons (Fsp3) is 0.278. The molecule has 2 N–H and O–H groups in total. The second kappa shape index (κ2) is 9.89. The highest BCUT2D eigenvalue weighted by Crippen LogP contribution is 2.38. The Balaban J connectivity index is 2.03. The van der Waals surface area contributed by atoms with E-state index in [1.165, 1.54) is 65.0 Å². The van der Waals surface area contributed by atoms with Gasteiger partial charge in [-0.2, -0.15) is 4.31 Å². The lowest BCUT2D eigenvalue weighted by Gasteiger charge is -2.17. The molecule has 0 aliphatic heterocycles. The molecule has 30 heavy (non-hydrogen) atoms. The van der Waals surface area contributed by atoms with E-state index in [2.05, 4.69) is 15.8 Å². The number of carbonyl (C=O) groups is 2. The smallest absolute Gasteiger partial charge is 0.269 e. The number of sulfonamides is 1. The van der Waals surface area contributed by atoms with Gasteiger partial charge in [0.05, 0.1) is 27.9 Å². The molecule has 162 valence electrons. The number of hydrogen-bond donors (Lipinski definition) is 2. The van der Waals surface area contributed by atoms with E-state index in [9.17, 15) is 18.0 Å². The van der Waals surface area contributed by atoms with Crippen LogP contribution in [0.3, 0.4) is 0 Å². The number of hydrazine groups is 1. The molecule has 1 aromatic carbocycles. The lowest BCUT2D eigenvalue weighted by atomic mass is 10.1. The Kier molecular flexibility index (Phi) is 7.55. The molecule has 2 amide bonds. The van der Waals surface area contributed by atoms with Gasteiger partial charge in [-0.05, 0) is 24.3 Å². The summed E-state index contributed by atoms with van der Waals surface area (Å²) < 4.78 is 41.2. The summed E-state index contributed by atoms with van der Waals surface area (Å²) in [4.78, 5) is 28.2. The molecule has 0 aliphatic rings. The van der Waals surface area contributed by atoms with Crippen molar-refractivity contribution in [3.63, 3.8) is 0 Å². The molecular weight excluding hydrogens is 416 g/mol. The van der Waals surface area contributed by atoms with Crippen LogP contribution < -0.4 is 25.1 Å². The van der Waals surface area contributed by atoms with Crippen LogP contribution in [0.4, 0.5) is 0 Å². The molecular formula is C18H22N4O7S. The zero-order chi connectivity index (χ0) is 22.3. The molecule has 0 bridgehead atoms. The molecule has 12 heteroatoms. The Morgan fingerprint density at radius 3 is 2.20 bits per heavy atom. The highest BCUT2D eigenvalue weighted by atomic mass is 32.2. The minimum absolute atomic E-state index is 0.0539. The van der Waals surface area contributed by atoms with Gasteiger partial charge >= 0.3 is 0 Å². The van der Waals surface area contributed by atoms with Crippen molar-refractivity contribution in [1.82, 2.24) is 20.1 Å². The molecule has 0 aliphatic carbocycles. The predicted molar refractivity (Wildman–Crippen MR) is 106 cm³/mol. The van der Waals surface area contributed by atoms with Crippen molar-refractivity contribution in [2.45, 2.75) is 4.90 Å². The number of likely N-dealkylation sites (N-methyl/N-ethyl adjacent to an activating group) is 1. The Hall–Kier alpha value is -3.38. The largest absolute Gasteiger partial charge is 0.493 e. The standard InChI is InChI=1S/C18H22N4O7S/c1-22(30(25,26)13-6-5-7-19-10-13)11-16(23)20-21-18(24)12-8-14(27-2)17(29-4)15(9-12)28-3/h5-10H,11H2,1-4H3,(H,20,23)(H,21,24). The van der Waals surface area contributed by atoms with Crippen molar-refractivity contribution in [3.8, 4) is 17.2 Å². The average molecular weight is 438 g/mol. The SMILES string of the molecule is COc1cc(C(=O)NNC(=O)CN(C)S(=O)(=O)c2cccnc2)cc(OC)c1OC. The molecule has 0 radical (unpaired) electrons. The summed E-state index contributed by atoms with van der Waals surface area (Å²) in [7, 11) is 1.57. The van der Waals surface area contributed by atoms with Crippen LogP contribution in [0.2, 0.25) is 0 Å². The fourth-order valence-electron chi connectivity index (χ4n) is 2.42. The van der Waals surface area contributed by atoms with Gasteiger partial charge in [-0.1, -0.05) is 0 Å². The maximum absolute atomic E-state index is 12.4. The van der Waals surface area contributed by atoms with Crippen molar-refractivity contribution in [1.29, 1.82) is 0 Å². The van der Waals surface area contributed by atoms with Crippen molar-refractivity contribution in [2.24, 2.45) is 0 Å². The summed E-state index contributed by atoms with van der Waals surface area (Å²) >= 11 is 0. The zero-order valence-electron chi connectivity index (χ0n) is 16.8. The molecule has 2 rings (SSSR count). The van der Waals surface area contributed by atoms with Gasteiger partial charge in [0.2, 0.25) is 15.8 Å². The molecule has 0 saturated heterocycles. The van der Waals surface area contributed by atoms with Crippen LogP contribution in [-0.4, -0.2) is 64.4 Å². The number of nitrogens with zero attached hydrogens (tertiary/aromatic N) is 2. The third-order valence-corrected chi connectivity index (χ3v) is 5.74. The summed E-state index contributed by atoms with van der Waals surface area (Å²) in [5.74, 6) is -0.583. The summed E-state index contributed by atoms with van der Waals surface area (Å²) in [5.41, 5.74) is 4.50. The molecule has 11 nitrogen and oxygen atoms in total. The first-order chi connectivity index (χ1) is 14.2. The summed E-state index contributed by atoms with van der Waals surface area (Å²) in [5, 5.41) is 0. The third-order valence-electron chi connectivity index (χ3n) is 3.95. The number of nitrogens with one attached hydrogen (secondary N) is 2. The molecule has 0 saturated carbocycles. The van der Waals surface area contributed by atoms with E-state index in [-0.39, 0.29) is 22.0 Å². The van der Waals surface area contributed by atoms with Crippen LogP contribution in [0.25, 0.3) is 0 Å². The Bertz CT molecular complexity index is 987. The predicted octanol–water partition coefficient (Wildman–Crippen LogP) is 0.189.